The van der Waals surface area contributed by atoms with Crippen molar-refractivity contribution in [2.75, 3.05) is 0 Å². The Morgan fingerprint density at radius 2 is 1.62 bits per heavy atom. The number of aryl methyl sites for hydroxylation is 2. The normalized spacial score (nSPS) is 17.9. The Labute approximate surface area is 216 Å². The predicted octanol–water partition coefficient (Wildman–Crippen LogP) is 10.2. The number of rotatable bonds is 10. The first-order valence-electron chi connectivity index (χ1n) is 13.0. The summed E-state index contributed by atoms with van der Waals surface area (Å²) in [5.41, 5.74) is 8.01. The number of hydrogen-bond acceptors (Lipinski definition) is 5. The first-order chi connectivity index (χ1) is 16.5. The van der Waals surface area contributed by atoms with Crippen molar-refractivity contribution in [3.8, 4) is 20.2 Å². The minimum atomic E-state index is 0.165. The SMILES string of the molecule is CCCCC(CC)CC1(CCCC)c2cc(C)sc2-c2sc(-c3ccc(C)c4nsnc34)cc21. The van der Waals surface area contributed by atoms with Gasteiger partial charge in [0.15, 0.2) is 0 Å². The van der Waals surface area contributed by atoms with E-state index < -0.39 is 0 Å². The molecule has 5 heteroatoms. The second-order valence-electron chi connectivity index (χ2n) is 10.2. The van der Waals surface area contributed by atoms with Gasteiger partial charge in [-0.05, 0) is 61.4 Å². The van der Waals surface area contributed by atoms with E-state index in [0.717, 1.165) is 17.0 Å². The van der Waals surface area contributed by atoms with E-state index in [-0.39, 0.29) is 5.41 Å². The number of unbranched alkanes of at least 4 members (excludes halogenated alkanes) is 2. The minimum Gasteiger partial charge on any atom is -0.173 e. The van der Waals surface area contributed by atoms with E-state index in [0.29, 0.717) is 0 Å². The largest absolute Gasteiger partial charge is 0.173 e. The fourth-order valence-corrected chi connectivity index (χ4v) is 9.10. The maximum Gasteiger partial charge on any atom is 0.113 e. The Morgan fingerprint density at radius 1 is 0.882 bits per heavy atom. The highest BCUT2D eigenvalue weighted by atomic mass is 32.1. The van der Waals surface area contributed by atoms with Crippen LogP contribution in [0.1, 0.15) is 93.7 Å². The van der Waals surface area contributed by atoms with Crippen LogP contribution in [-0.2, 0) is 5.41 Å². The third-order valence-corrected chi connectivity index (χ3v) is 10.8. The van der Waals surface area contributed by atoms with E-state index in [1.54, 1.807) is 16.0 Å². The van der Waals surface area contributed by atoms with Crippen molar-refractivity contribution in [3.05, 3.63) is 45.8 Å². The van der Waals surface area contributed by atoms with Gasteiger partial charge >= 0.3 is 0 Å². The molecular weight excluding hydrogens is 473 g/mol. The molecule has 0 saturated heterocycles. The summed E-state index contributed by atoms with van der Waals surface area (Å²) in [7, 11) is 0. The number of thiophene rings is 2. The quantitative estimate of drug-likeness (QED) is 0.213. The van der Waals surface area contributed by atoms with Crippen LogP contribution in [0.5, 0.6) is 0 Å². The average Bonchev–Trinajstić information content (AvgIpc) is 3.60. The molecule has 3 aromatic heterocycles. The molecular formula is C29H36N2S3. The van der Waals surface area contributed by atoms with Crippen LogP contribution in [0.25, 0.3) is 31.2 Å². The minimum absolute atomic E-state index is 0.165. The van der Waals surface area contributed by atoms with E-state index in [2.05, 4.69) is 63.3 Å². The molecule has 3 heterocycles. The van der Waals surface area contributed by atoms with E-state index >= 15 is 0 Å². The molecule has 34 heavy (non-hydrogen) atoms. The number of nitrogens with zero attached hydrogens (tertiary/aromatic N) is 2. The fraction of sp³-hybridized carbons (Fsp3) is 0.517. The molecule has 2 unspecified atom stereocenters. The molecule has 4 aromatic rings. The highest BCUT2D eigenvalue weighted by Gasteiger charge is 2.46. The van der Waals surface area contributed by atoms with Gasteiger partial charge in [0, 0.05) is 30.5 Å². The van der Waals surface area contributed by atoms with E-state index in [1.807, 2.05) is 22.7 Å². The third kappa shape index (κ3) is 3.98. The lowest BCUT2D eigenvalue weighted by Crippen LogP contribution is -2.28. The maximum atomic E-state index is 4.71. The maximum absolute atomic E-state index is 4.71. The van der Waals surface area contributed by atoms with Crippen molar-refractivity contribution >= 4 is 45.4 Å². The van der Waals surface area contributed by atoms with Crippen LogP contribution in [0.15, 0.2) is 24.3 Å². The summed E-state index contributed by atoms with van der Waals surface area (Å²) in [5.74, 6) is 0.785. The summed E-state index contributed by atoms with van der Waals surface area (Å²) in [6, 6.07) is 9.56. The van der Waals surface area contributed by atoms with Gasteiger partial charge in [-0.2, -0.15) is 8.75 Å². The van der Waals surface area contributed by atoms with E-state index in [9.17, 15) is 0 Å². The van der Waals surface area contributed by atoms with Gasteiger partial charge in [0.1, 0.15) is 11.0 Å². The summed E-state index contributed by atoms with van der Waals surface area (Å²) in [5, 5.41) is 0. The van der Waals surface area contributed by atoms with Gasteiger partial charge < -0.3 is 0 Å². The van der Waals surface area contributed by atoms with Crippen LogP contribution >= 0.6 is 34.4 Å². The van der Waals surface area contributed by atoms with Crippen LogP contribution < -0.4 is 0 Å². The lowest BCUT2D eigenvalue weighted by molar-refractivity contribution is 0.313. The fourth-order valence-electron chi connectivity index (χ4n) is 5.93. The molecule has 180 valence electrons. The van der Waals surface area contributed by atoms with Gasteiger partial charge in [-0.1, -0.05) is 71.4 Å². The summed E-state index contributed by atoms with van der Waals surface area (Å²) in [6.45, 7) is 11.5. The predicted molar refractivity (Wildman–Crippen MR) is 152 cm³/mol. The van der Waals surface area contributed by atoms with Crippen molar-refractivity contribution in [2.24, 2.45) is 5.92 Å². The second-order valence-corrected chi connectivity index (χ2v) is 13.0. The van der Waals surface area contributed by atoms with Crippen molar-refractivity contribution in [1.82, 2.24) is 8.75 Å². The summed E-state index contributed by atoms with van der Waals surface area (Å²) in [4.78, 5) is 5.89. The molecule has 0 aliphatic heterocycles. The second kappa shape index (κ2) is 9.83. The molecule has 1 aliphatic carbocycles. The van der Waals surface area contributed by atoms with Gasteiger partial charge in [-0.15, -0.1) is 22.7 Å². The lowest BCUT2D eigenvalue weighted by atomic mass is 9.68. The van der Waals surface area contributed by atoms with E-state index in [1.165, 1.54) is 88.9 Å². The monoisotopic (exact) mass is 508 g/mol. The van der Waals surface area contributed by atoms with Crippen LogP contribution in [0.3, 0.4) is 0 Å². The molecule has 0 bridgehead atoms. The topological polar surface area (TPSA) is 25.8 Å². The molecule has 1 aromatic carbocycles. The zero-order valence-corrected chi connectivity index (χ0v) is 23.6. The zero-order chi connectivity index (χ0) is 23.9. The zero-order valence-electron chi connectivity index (χ0n) is 21.2. The number of hydrogen-bond donors (Lipinski definition) is 0. The van der Waals surface area contributed by atoms with Crippen LogP contribution in [0.4, 0.5) is 0 Å². The number of benzene rings is 1. The highest BCUT2D eigenvalue weighted by Crippen LogP contribution is 2.61. The standard InChI is InChI=1S/C29H36N2S3/c1-6-9-11-20(8-3)17-29(14-10-7-2)22-15-19(5)32-27(22)28-23(29)16-24(33-28)21-13-12-18(4)25-26(21)31-34-30-25/h12-13,15-16,20H,6-11,14,17H2,1-5H3. The molecule has 0 radical (unpaired) electrons. The van der Waals surface area contributed by atoms with Gasteiger partial charge in [0.2, 0.25) is 0 Å². The smallest absolute Gasteiger partial charge is 0.113 e. The molecule has 5 rings (SSSR count). The molecule has 2 atom stereocenters. The first kappa shape index (κ1) is 24.1. The molecule has 0 spiro atoms. The Kier molecular flexibility index (Phi) is 6.98. The summed E-state index contributed by atoms with van der Waals surface area (Å²) in [6.07, 6.45) is 10.4. The molecule has 0 fully saturated rings. The van der Waals surface area contributed by atoms with Gasteiger partial charge in [-0.3, -0.25) is 0 Å². The first-order valence-corrected chi connectivity index (χ1v) is 15.4. The Bertz CT molecular complexity index is 1290. The lowest BCUT2D eigenvalue weighted by Gasteiger charge is -2.35. The Balaban J connectivity index is 1.67. The molecule has 2 nitrogen and oxygen atoms in total. The van der Waals surface area contributed by atoms with Crippen molar-refractivity contribution < 1.29 is 0 Å². The van der Waals surface area contributed by atoms with Crippen LogP contribution in [-0.4, -0.2) is 8.75 Å². The van der Waals surface area contributed by atoms with Crippen LogP contribution in [0, 0.1) is 19.8 Å². The Morgan fingerprint density at radius 3 is 2.38 bits per heavy atom. The number of aromatic nitrogens is 2. The summed E-state index contributed by atoms with van der Waals surface area (Å²) >= 11 is 5.33. The Hall–Kier alpha value is -1.56. The van der Waals surface area contributed by atoms with E-state index in [4.69, 9.17) is 4.37 Å². The average molecular weight is 509 g/mol. The summed E-state index contributed by atoms with van der Waals surface area (Å²) < 4.78 is 9.30. The van der Waals surface area contributed by atoms with Crippen molar-refractivity contribution in [1.29, 1.82) is 0 Å². The molecule has 0 N–H and O–H groups in total. The van der Waals surface area contributed by atoms with Gasteiger partial charge in [0.05, 0.1) is 11.7 Å². The van der Waals surface area contributed by atoms with Crippen molar-refractivity contribution in [3.63, 3.8) is 0 Å². The third-order valence-electron chi connectivity index (χ3n) is 7.84. The van der Waals surface area contributed by atoms with Crippen LogP contribution in [0.2, 0.25) is 0 Å². The molecule has 0 saturated carbocycles. The molecule has 1 aliphatic rings. The number of fused-ring (bicyclic) bond motifs is 4. The molecule has 0 amide bonds. The van der Waals surface area contributed by atoms with Gasteiger partial charge in [0.25, 0.3) is 0 Å². The van der Waals surface area contributed by atoms with Crippen molar-refractivity contribution in [2.45, 2.75) is 91.4 Å². The van der Waals surface area contributed by atoms with Gasteiger partial charge in [-0.25, -0.2) is 0 Å². The highest BCUT2D eigenvalue weighted by molar-refractivity contribution is 7.24.